The Morgan fingerprint density at radius 1 is 1.39 bits per heavy atom. The number of ether oxygens (including phenoxy) is 1. The van der Waals surface area contributed by atoms with Gasteiger partial charge in [0.1, 0.15) is 6.61 Å². The lowest BCUT2D eigenvalue weighted by Gasteiger charge is -2.16. The second-order valence-corrected chi connectivity index (χ2v) is 4.73. The largest absolute Gasteiger partial charge is 0.480 e. The van der Waals surface area contributed by atoms with Crippen molar-refractivity contribution in [3.63, 3.8) is 0 Å². The lowest BCUT2D eigenvalue weighted by molar-refractivity contribution is -0.142. The fourth-order valence-electron chi connectivity index (χ4n) is 1.69. The molecule has 0 aromatic carbocycles. The van der Waals surface area contributed by atoms with Crippen LogP contribution in [0.3, 0.4) is 0 Å². The summed E-state index contributed by atoms with van der Waals surface area (Å²) < 4.78 is 4.80. The molecule has 0 aliphatic rings. The first kappa shape index (κ1) is 16.9. The summed E-state index contributed by atoms with van der Waals surface area (Å²) in [5.41, 5.74) is 5.61. The maximum atomic E-state index is 11.6. The summed E-state index contributed by atoms with van der Waals surface area (Å²) in [6, 6.07) is 0. The number of carboxylic acid groups (broad SMARTS) is 1. The smallest absolute Gasteiger partial charge is 0.329 e. The molecular formula is C12H24N2O4. The Hall–Kier alpha value is -1.14. The van der Waals surface area contributed by atoms with E-state index in [2.05, 4.69) is 19.2 Å². The number of nitrogens with two attached hydrogens (primary N) is 1. The standard InChI is InChI=1S/C12H24N2O4/c1-9(2)5-10(7-13)6-11(15)14-3-4-18-8-12(16)17/h9-10H,3-8,13H2,1-2H3,(H,14,15)(H,16,17)/t10-/m0/s1. The summed E-state index contributed by atoms with van der Waals surface area (Å²) >= 11 is 0. The van der Waals surface area contributed by atoms with Crippen molar-refractivity contribution in [2.45, 2.75) is 26.7 Å². The van der Waals surface area contributed by atoms with E-state index in [-0.39, 0.29) is 25.0 Å². The monoisotopic (exact) mass is 260 g/mol. The summed E-state index contributed by atoms with van der Waals surface area (Å²) in [4.78, 5) is 21.7. The van der Waals surface area contributed by atoms with Gasteiger partial charge in [0.25, 0.3) is 0 Å². The Kier molecular flexibility index (Phi) is 9.22. The quantitative estimate of drug-likeness (QED) is 0.487. The summed E-state index contributed by atoms with van der Waals surface area (Å²) in [5, 5.41) is 11.0. The van der Waals surface area contributed by atoms with Gasteiger partial charge in [-0.2, -0.15) is 0 Å². The Balaban J connectivity index is 3.65. The minimum atomic E-state index is -1.01. The highest BCUT2D eigenvalue weighted by molar-refractivity contribution is 5.76. The van der Waals surface area contributed by atoms with E-state index in [9.17, 15) is 9.59 Å². The number of aliphatic carboxylic acids is 1. The minimum Gasteiger partial charge on any atom is -0.480 e. The predicted octanol–water partition coefficient (Wildman–Crippen LogP) is 0.215. The second kappa shape index (κ2) is 9.85. The Morgan fingerprint density at radius 2 is 2.06 bits per heavy atom. The summed E-state index contributed by atoms with van der Waals surface area (Å²) in [7, 11) is 0. The van der Waals surface area contributed by atoms with Gasteiger partial charge in [0, 0.05) is 13.0 Å². The molecule has 0 aliphatic heterocycles. The van der Waals surface area contributed by atoms with E-state index in [0.29, 0.717) is 25.4 Å². The molecule has 0 bridgehead atoms. The van der Waals surface area contributed by atoms with Crippen LogP contribution in [0, 0.1) is 11.8 Å². The number of hydrogen-bond acceptors (Lipinski definition) is 4. The van der Waals surface area contributed by atoms with E-state index in [1.807, 2.05) is 0 Å². The SMILES string of the molecule is CC(C)C[C@H](CN)CC(=O)NCCOCC(=O)O. The third-order valence-corrected chi connectivity index (χ3v) is 2.41. The maximum absolute atomic E-state index is 11.6. The Bertz CT molecular complexity index is 256. The molecule has 4 N–H and O–H groups in total. The summed E-state index contributed by atoms with van der Waals surface area (Å²) in [6.45, 7) is 4.89. The summed E-state index contributed by atoms with van der Waals surface area (Å²) in [5.74, 6) is -0.360. The highest BCUT2D eigenvalue weighted by Gasteiger charge is 2.13. The zero-order valence-corrected chi connectivity index (χ0v) is 11.1. The van der Waals surface area contributed by atoms with Crippen molar-refractivity contribution < 1.29 is 19.4 Å². The van der Waals surface area contributed by atoms with E-state index in [1.54, 1.807) is 0 Å². The van der Waals surface area contributed by atoms with Gasteiger partial charge in [-0.3, -0.25) is 4.79 Å². The van der Waals surface area contributed by atoms with Gasteiger partial charge in [0.05, 0.1) is 6.61 Å². The first-order valence-corrected chi connectivity index (χ1v) is 6.22. The number of amides is 1. The number of carboxylic acids is 1. The molecule has 1 atom stereocenters. The molecule has 0 rings (SSSR count). The van der Waals surface area contributed by atoms with Crippen LogP contribution in [0.25, 0.3) is 0 Å². The number of carbonyl (C=O) groups is 2. The first-order valence-electron chi connectivity index (χ1n) is 6.22. The molecule has 6 heteroatoms. The average Bonchev–Trinajstić information content (AvgIpc) is 2.26. The molecule has 0 aliphatic carbocycles. The molecule has 1 amide bonds. The maximum Gasteiger partial charge on any atom is 0.329 e. The highest BCUT2D eigenvalue weighted by Crippen LogP contribution is 2.13. The average molecular weight is 260 g/mol. The zero-order chi connectivity index (χ0) is 14.0. The Morgan fingerprint density at radius 3 is 2.56 bits per heavy atom. The molecule has 0 saturated carbocycles. The van der Waals surface area contributed by atoms with Crippen LogP contribution >= 0.6 is 0 Å². The van der Waals surface area contributed by atoms with Crippen molar-refractivity contribution >= 4 is 11.9 Å². The minimum absolute atomic E-state index is 0.0648. The number of hydrogen-bond donors (Lipinski definition) is 3. The molecule has 0 saturated heterocycles. The molecule has 18 heavy (non-hydrogen) atoms. The molecule has 0 heterocycles. The molecule has 106 valence electrons. The van der Waals surface area contributed by atoms with E-state index >= 15 is 0 Å². The topological polar surface area (TPSA) is 102 Å². The van der Waals surface area contributed by atoms with Gasteiger partial charge in [-0.15, -0.1) is 0 Å². The fraction of sp³-hybridized carbons (Fsp3) is 0.833. The van der Waals surface area contributed by atoms with Gasteiger partial charge in [-0.1, -0.05) is 13.8 Å². The third kappa shape index (κ3) is 10.0. The predicted molar refractivity (Wildman–Crippen MR) is 68.1 cm³/mol. The number of nitrogens with one attached hydrogen (secondary N) is 1. The van der Waals surface area contributed by atoms with Crippen LogP contribution in [-0.4, -0.2) is 43.3 Å². The van der Waals surface area contributed by atoms with Gasteiger partial charge in [-0.05, 0) is 24.8 Å². The normalized spacial score (nSPS) is 12.4. The highest BCUT2D eigenvalue weighted by atomic mass is 16.5. The van der Waals surface area contributed by atoms with Crippen molar-refractivity contribution in [2.24, 2.45) is 17.6 Å². The fourth-order valence-corrected chi connectivity index (χ4v) is 1.69. The molecule has 0 radical (unpaired) electrons. The van der Waals surface area contributed by atoms with Crippen LogP contribution in [0.2, 0.25) is 0 Å². The van der Waals surface area contributed by atoms with E-state index in [4.69, 9.17) is 15.6 Å². The van der Waals surface area contributed by atoms with Crippen molar-refractivity contribution in [1.29, 1.82) is 0 Å². The lowest BCUT2D eigenvalue weighted by Crippen LogP contribution is -2.31. The second-order valence-electron chi connectivity index (χ2n) is 4.73. The van der Waals surface area contributed by atoms with Crippen LogP contribution in [0.4, 0.5) is 0 Å². The van der Waals surface area contributed by atoms with Crippen molar-refractivity contribution in [2.75, 3.05) is 26.3 Å². The van der Waals surface area contributed by atoms with Gasteiger partial charge in [-0.25, -0.2) is 4.79 Å². The van der Waals surface area contributed by atoms with Crippen LogP contribution in [-0.2, 0) is 14.3 Å². The number of carbonyl (C=O) groups excluding carboxylic acids is 1. The van der Waals surface area contributed by atoms with E-state index < -0.39 is 5.97 Å². The van der Waals surface area contributed by atoms with Gasteiger partial charge in [0.15, 0.2) is 0 Å². The van der Waals surface area contributed by atoms with Crippen LogP contribution in [0.1, 0.15) is 26.7 Å². The van der Waals surface area contributed by atoms with Crippen molar-refractivity contribution in [3.8, 4) is 0 Å². The van der Waals surface area contributed by atoms with Crippen LogP contribution < -0.4 is 11.1 Å². The lowest BCUT2D eigenvalue weighted by atomic mass is 9.94. The molecule has 0 aromatic heterocycles. The van der Waals surface area contributed by atoms with Gasteiger partial charge in [0.2, 0.25) is 5.91 Å². The van der Waals surface area contributed by atoms with Gasteiger partial charge >= 0.3 is 5.97 Å². The van der Waals surface area contributed by atoms with E-state index in [0.717, 1.165) is 6.42 Å². The molecule has 0 fully saturated rings. The van der Waals surface area contributed by atoms with Crippen LogP contribution in [0.5, 0.6) is 0 Å². The van der Waals surface area contributed by atoms with E-state index in [1.165, 1.54) is 0 Å². The third-order valence-electron chi connectivity index (χ3n) is 2.41. The van der Waals surface area contributed by atoms with Crippen molar-refractivity contribution in [3.05, 3.63) is 0 Å². The summed E-state index contributed by atoms with van der Waals surface area (Å²) in [6.07, 6.45) is 1.34. The molecule has 0 spiro atoms. The molecule has 0 unspecified atom stereocenters. The van der Waals surface area contributed by atoms with Gasteiger partial charge < -0.3 is 20.9 Å². The zero-order valence-electron chi connectivity index (χ0n) is 11.1. The number of rotatable bonds is 10. The van der Waals surface area contributed by atoms with Crippen molar-refractivity contribution in [1.82, 2.24) is 5.32 Å². The first-order chi connectivity index (χ1) is 8.45. The molecular weight excluding hydrogens is 236 g/mol. The van der Waals surface area contributed by atoms with Crippen LogP contribution in [0.15, 0.2) is 0 Å². The molecule has 0 aromatic rings. The molecule has 6 nitrogen and oxygen atoms in total. The Labute approximate surface area is 108 Å².